The molecule has 0 radical (unpaired) electrons. The van der Waals surface area contributed by atoms with E-state index in [1.165, 1.54) is 15.7 Å². The SMILES string of the molecule is Cc1nnsc1CNC(=O)c1cn2c(c(O)c1=O)C(=O)N1CCOC1C2. The van der Waals surface area contributed by atoms with E-state index in [0.29, 0.717) is 18.8 Å². The Morgan fingerprint density at radius 2 is 2.31 bits per heavy atom. The predicted molar refractivity (Wildman–Crippen MR) is 89.0 cm³/mol. The predicted octanol–water partition coefficient (Wildman–Crippen LogP) is -0.544. The van der Waals surface area contributed by atoms with E-state index in [0.717, 1.165) is 16.4 Å². The van der Waals surface area contributed by atoms with Crippen molar-refractivity contribution in [2.45, 2.75) is 26.2 Å². The number of carbonyl (C=O) groups excluding carboxylic acids is 2. The molecule has 2 N–H and O–H groups in total. The number of hydrogen-bond donors (Lipinski definition) is 2. The maximum absolute atomic E-state index is 12.5. The fourth-order valence-corrected chi connectivity index (χ4v) is 3.63. The average molecular weight is 377 g/mol. The van der Waals surface area contributed by atoms with Crippen molar-refractivity contribution in [3.8, 4) is 5.75 Å². The van der Waals surface area contributed by atoms with Gasteiger partial charge < -0.3 is 24.6 Å². The Balaban J connectivity index is 1.65. The number of carbonyl (C=O) groups is 2. The van der Waals surface area contributed by atoms with Crippen LogP contribution in [-0.4, -0.2) is 55.4 Å². The van der Waals surface area contributed by atoms with Crippen LogP contribution in [0.5, 0.6) is 5.75 Å². The van der Waals surface area contributed by atoms with E-state index < -0.39 is 29.2 Å². The van der Waals surface area contributed by atoms with E-state index in [4.69, 9.17) is 4.74 Å². The van der Waals surface area contributed by atoms with E-state index in [-0.39, 0.29) is 24.3 Å². The molecule has 1 saturated heterocycles. The highest BCUT2D eigenvalue weighted by Crippen LogP contribution is 2.26. The monoisotopic (exact) mass is 377 g/mol. The van der Waals surface area contributed by atoms with Gasteiger partial charge in [0, 0.05) is 12.7 Å². The van der Waals surface area contributed by atoms with E-state index in [1.807, 2.05) is 0 Å². The summed E-state index contributed by atoms with van der Waals surface area (Å²) in [6.07, 6.45) is 0.834. The summed E-state index contributed by atoms with van der Waals surface area (Å²) < 4.78 is 10.7. The van der Waals surface area contributed by atoms with Gasteiger partial charge in [-0.25, -0.2) is 0 Å². The molecule has 1 atom stereocenters. The van der Waals surface area contributed by atoms with Crippen LogP contribution < -0.4 is 10.7 Å². The second kappa shape index (κ2) is 6.18. The van der Waals surface area contributed by atoms with Crippen LogP contribution in [0.25, 0.3) is 0 Å². The summed E-state index contributed by atoms with van der Waals surface area (Å²) in [5.74, 6) is -1.84. The Morgan fingerprint density at radius 3 is 3.04 bits per heavy atom. The maximum atomic E-state index is 12.5. The number of amides is 2. The first-order chi connectivity index (χ1) is 12.5. The van der Waals surface area contributed by atoms with Gasteiger partial charge in [0.2, 0.25) is 5.43 Å². The van der Waals surface area contributed by atoms with Crippen LogP contribution in [0.1, 0.15) is 31.4 Å². The number of fused-ring (bicyclic) bond motifs is 2. The lowest BCUT2D eigenvalue weighted by Gasteiger charge is -2.31. The minimum Gasteiger partial charge on any atom is -0.503 e. The number of nitrogens with zero attached hydrogens (tertiary/aromatic N) is 4. The summed E-state index contributed by atoms with van der Waals surface area (Å²) in [6.45, 7) is 2.98. The zero-order chi connectivity index (χ0) is 18.4. The van der Waals surface area contributed by atoms with Crippen molar-refractivity contribution in [3.05, 3.63) is 38.2 Å². The standard InChI is InChI=1S/C15H15N5O5S/c1-7-9(26-18-17-7)4-16-14(23)8-5-19-6-10-20(2-3-25-10)15(24)11(19)13(22)12(8)21/h5,10,22H,2-4,6H2,1H3,(H,16,23). The van der Waals surface area contributed by atoms with Crippen LogP contribution >= 0.6 is 11.5 Å². The summed E-state index contributed by atoms with van der Waals surface area (Å²) in [5.41, 5.74) is -0.527. The molecule has 2 aromatic heterocycles. The number of aryl methyl sites for hydroxylation is 1. The fraction of sp³-hybridized carbons (Fsp3) is 0.400. The van der Waals surface area contributed by atoms with Gasteiger partial charge in [-0.1, -0.05) is 4.49 Å². The highest BCUT2D eigenvalue weighted by atomic mass is 32.1. The van der Waals surface area contributed by atoms with Gasteiger partial charge in [-0.3, -0.25) is 14.4 Å². The third-order valence-corrected chi connectivity index (χ3v) is 5.29. The maximum Gasteiger partial charge on any atom is 0.276 e. The van der Waals surface area contributed by atoms with Gasteiger partial charge in [0.1, 0.15) is 5.56 Å². The number of ether oxygens (including phenoxy) is 1. The van der Waals surface area contributed by atoms with Gasteiger partial charge in [-0.05, 0) is 18.5 Å². The first-order valence-electron chi connectivity index (χ1n) is 7.92. The van der Waals surface area contributed by atoms with Gasteiger partial charge in [0.05, 0.1) is 30.3 Å². The molecule has 2 amide bonds. The lowest BCUT2D eigenvalue weighted by Crippen LogP contribution is -2.46. The lowest BCUT2D eigenvalue weighted by molar-refractivity contribution is 0.00845. The Morgan fingerprint density at radius 1 is 1.50 bits per heavy atom. The smallest absolute Gasteiger partial charge is 0.276 e. The van der Waals surface area contributed by atoms with Gasteiger partial charge in [0.15, 0.2) is 17.7 Å². The third-order valence-electron chi connectivity index (χ3n) is 4.46. The topological polar surface area (TPSA) is 127 Å². The molecule has 136 valence electrons. The molecule has 10 nitrogen and oxygen atoms in total. The van der Waals surface area contributed by atoms with Crippen molar-refractivity contribution in [1.82, 2.24) is 24.4 Å². The van der Waals surface area contributed by atoms with Crippen molar-refractivity contribution < 1.29 is 19.4 Å². The second-order valence-electron chi connectivity index (χ2n) is 6.01. The van der Waals surface area contributed by atoms with Crippen LogP contribution in [0.3, 0.4) is 0 Å². The molecule has 2 aliphatic rings. The molecule has 4 heterocycles. The quantitative estimate of drug-likeness (QED) is 0.735. The molecular formula is C15H15N5O5S. The number of nitrogens with one attached hydrogen (secondary N) is 1. The largest absolute Gasteiger partial charge is 0.503 e. The minimum atomic E-state index is -0.875. The van der Waals surface area contributed by atoms with Gasteiger partial charge >= 0.3 is 0 Å². The molecule has 2 aromatic rings. The van der Waals surface area contributed by atoms with Crippen molar-refractivity contribution in [2.75, 3.05) is 13.2 Å². The van der Waals surface area contributed by atoms with Crippen LogP contribution in [0.4, 0.5) is 0 Å². The van der Waals surface area contributed by atoms with Crippen molar-refractivity contribution >= 4 is 23.3 Å². The molecule has 0 spiro atoms. The van der Waals surface area contributed by atoms with Crippen molar-refractivity contribution in [2.24, 2.45) is 0 Å². The molecule has 0 aliphatic carbocycles. The molecule has 11 heteroatoms. The van der Waals surface area contributed by atoms with E-state index in [2.05, 4.69) is 14.9 Å². The highest BCUT2D eigenvalue weighted by Gasteiger charge is 2.39. The van der Waals surface area contributed by atoms with E-state index in [1.54, 1.807) is 6.92 Å². The van der Waals surface area contributed by atoms with Gasteiger partial charge in [-0.15, -0.1) is 5.10 Å². The molecule has 0 saturated carbocycles. The third kappa shape index (κ3) is 2.56. The number of aromatic hydroxyl groups is 1. The normalized spacial score (nSPS) is 18.6. The molecule has 4 rings (SSSR count). The number of rotatable bonds is 3. The highest BCUT2D eigenvalue weighted by molar-refractivity contribution is 7.05. The van der Waals surface area contributed by atoms with Crippen LogP contribution in [-0.2, 0) is 17.8 Å². The van der Waals surface area contributed by atoms with E-state index in [9.17, 15) is 19.5 Å². The van der Waals surface area contributed by atoms with Gasteiger partial charge in [-0.2, -0.15) is 0 Å². The zero-order valence-electron chi connectivity index (χ0n) is 13.8. The summed E-state index contributed by atoms with van der Waals surface area (Å²) in [4.78, 5) is 39.5. The first-order valence-corrected chi connectivity index (χ1v) is 8.69. The second-order valence-corrected chi connectivity index (χ2v) is 6.85. The van der Waals surface area contributed by atoms with E-state index >= 15 is 0 Å². The summed E-state index contributed by atoms with van der Waals surface area (Å²) in [6, 6.07) is 0. The van der Waals surface area contributed by atoms with Gasteiger partial charge in [0.25, 0.3) is 11.8 Å². The van der Waals surface area contributed by atoms with Crippen LogP contribution in [0, 0.1) is 6.92 Å². The molecule has 2 aliphatic heterocycles. The molecule has 1 unspecified atom stereocenters. The lowest BCUT2D eigenvalue weighted by atomic mass is 10.1. The Hall–Kier alpha value is -2.79. The average Bonchev–Trinajstić information content (AvgIpc) is 3.24. The Kier molecular flexibility index (Phi) is 3.96. The van der Waals surface area contributed by atoms with Crippen molar-refractivity contribution in [3.63, 3.8) is 0 Å². The number of pyridine rings is 1. The molecule has 26 heavy (non-hydrogen) atoms. The summed E-state index contributed by atoms with van der Waals surface area (Å²) in [5, 5.41) is 16.7. The Labute approximate surface area is 151 Å². The minimum absolute atomic E-state index is 0.115. The molecule has 0 bridgehead atoms. The van der Waals surface area contributed by atoms with Crippen molar-refractivity contribution in [1.29, 1.82) is 0 Å². The molecule has 0 aromatic carbocycles. The number of hydrogen-bond acceptors (Lipinski definition) is 8. The zero-order valence-corrected chi connectivity index (χ0v) is 14.6. The molecular weight excluding hydrogens is 362 g/mol. The summed E-state index contributed by atoms with van der Waals surface area (Å²) in [7, 11) is 0. The molecule has 1 fully saturated rings. The fourth-order valence-electron chi connectivity index (χ4n) is 3.06. The summed E-state index contributed by atoms with van der Waals surface area (Å²) >= 11 is 1.15. The van der Waals surface area contributed by atoms with Crippen LogP contribution in [0.2, 0.25) is 0 Å². The first kappa shape index (κ1) is 16.7. The number of aromatic nitrogens is 3. The Bertz CT molecular complexity index is 968. The van der Waals surface area contributed by atoms with Crippen LogP contribution in [0.15, 0.2) is 11.0 Å².